The monoisotopic (exact) mass is 324 g/mol. The Morgan fingerprint density at radius 2 is 0.720 bits per heavy atom. The van der Waals surface area contributed by atoms with Crippen molar-refractivity contribution in [3.63, 3.8) is 0 Å². The SMILES string of the molecule is Oc1ccccc1-c1ccccc1.c1ccc(-c2ccccc2)cc1. The zero-order valence-electron chi connectivity index (χ0n) is 13.9. The first kappa shape index (κ1) is 16.5. The topological polar surface area (TPSA) is 20.2 Å². The van der Waals surface area contributed by atoms with Gasteiger partial charge in [-0.25, -0.2) is 0 Å². The zero-order chi connectivity index (χ0) is 17.3. The summed E-state index contributed by atoms with van der Waals surface area (Å²) in [5.41, 5.74) is 4.47. The minimum atomic E-state index is 0.328. The maximum absolute atomic E-state index is 9.56. The predicted octanol–water partition coefficient (Wildman–Crippen LogP) is 6.41. The summed E-state index contributed by atoms with van der Waals surface area (Å²) in [6.07, 6.45) is 0. The van der Waals surface area contributed by atoms with E-state index >= 15 is 0 Å². The molecule has 1 N–H and O–H groups in total. The molecule has 0 aliphatic carbocycles. The van der Waals surface area contributed by atoms with E-state index in [0.29, 0.717) is 5.75 Å². The molecule has 122 valence electrons. The summed E-state index contributed by atoms with van der Waals surface area (Å²) in [5, 5.41) is 9.56. The van der Waals surface area contributed by atoms with Crippen LogP contribution in [-0.4, -0.2) is 5.11 Å². The van der Waals surface area contributed by atoms with Gasteiger partial charge >= 0.3 is 0 Å². The van der Waals surface area contributed by atoms with Crippen molar-refractivity contribution in [2.24, 2.45) is 0 Å². The van der Waals surface area contributed by atoms with Crippen LogP contribution < -0.4 is 0 Å². The van der Waals surface area contributed by atoms with Gasteiger partial charge in [0.25, 0.3) is 0 Å². The van der Waals surface area contributed by atoms with Crippen molar-refractivity contribution >= 4 is 0 Å². The van der Waals surface area contributed by atoms with Gasteiger partial charge in [-0.1, -0.05) is 109 Å². The molecule has 1 nitrogen and oxygen atoms in total. The van der Waals surface area contributed by atoms with E-state index in [9.17, 15) is 5.11 Å². The lowest BCUT2D eigenvalue weighted by Crippen LogP contribution is -1.76. The van der Waals surface area contributed by atoms with E-state index in [1.54, 1.807) is 6.07 Å². The molecule has 0 heterocycles. The van der Waals surface area contributed by atoms with Crippen molar-refractivity contribution in [1.29, 1.82) is 0 Å². The molecule has 4 aromatic rings. The van der Waals surface area contributed by atoms with Crippen LogP contribution in [0, 0.1) is 0 Å². The Morgan fingerprint density at radius 3 is 1.16 bits per heavy atom. The van der Waals surface area contributed by atoms with E-state index in [-0.39, 0.29) is 0 Å². The van der Waals surface area contributed by atoms with Crippen LogP contribution in [0.1, 0.15) is 0 Å². The molecular formula is C24H20O. The number of hydrogen-bond donors (Lipinski definition) is 1. The van der Waals surface area contributed by atoms with Gasteiger partial charge in [0, 0.05) is 5.56 Å². The fourth-order valence-corrected chi connectivity index (χ4v) is 2.60. The number of rotatable bonds is 2. The molecule has 0 spiro atoms. The van der Waals surface area contributed by atoms with Gasteiger partial charge in [0.1, 0.15) is 5.75 Å². The van der Waals surface area contributed by atoms with Crippen LogP contribution in [0.15, 0.2) is 115 Å². The largest absolute Gasteiger partial charge is 0.507 e. The van der Waals surface area contributed by atoms with E-state index in [1.807, 2.05) is 60.7 Å². The highest BCUT2D eigenvalue weighted by molar-refractivity contribution is 5.69. The number of phenols is 1. The summed E-state index contributed by atoms with van der Waals surface area (Å²) in [5.74, 6) is 0.328. The lowest BCUT2D eigenvalue weighted by Gasteiger charge is -2.02. The van der Waals surface area contributed by atoms with Crippen LogP contribution in [0.2, 0.25) is 0 Å². The van der Waals surface area contributed by atoms with E-state index in [0.717, 1.165) is 11.1 Å². The maximum atomic E-state index is 9.56. The molecule has 1 heteroatoms. The quantitative estimate of drug-likeness (QED) is 0.451. The minimum absolute atomic E-state index is 0.328. The third kappa shape index (κ3) is 4.58. The number of aromatic hydroxyl groups is 1. The summed E-state index contributed by atoms with van der Waals surface area (Å²) in [6.45, 7) is 0. The van der Waals surface area contributed by atoms with Gasteiger partial charge in [-0.3, -0.25) is 0 Å². The molecule has 0 bridgehead atoms. The molecule has 0 fully saturated rings. The third-order valence-corrected chi connectivity index (χ3v) is 3.87. The Kier molecular flexibility index (Phi) is 5.63. The molecular weight excluding hydrogens is 304 g/mol. The van der Waals surface area contributed by atoms with E-state index in [2.05, 4.69) is 48.5 Å². The Morgan fingerprint density at radius 1 is 0.360 bits per heavy atom. The van der Waals surface area contributed by atoms with Crippen molar-refractivity contribution in [1.82, 2.24) is 0 Å². The van der Waals surface area contributed by atoms with Crippen molar-refractivity contribution in [3.8, 4) is 28.0 Å². The van der Waals surface area contributed by atoms with Crippen LogP contribution in [0.3, 0.4) is 0 Å². The maximum Gasteiger partial charge on any atom is 0.123 e. The summed E-state index contributed by atoms with van der Waals surface area (Å²) in [6, 6.07) is 38.0. The standard InChI is InChI=1S/C12H10O.C12H10/c13-12-9-5-4-8-11(12)10-6-2-1-3-7-10;1-3-7-11(8-4-1)12-9-5-2-6-10-12/h1-9,13H;1-10H. The average Bonchev–Trinajstić information content (AvgIpc) is 2.71. The molecule has 0 saturated heterocycles. The second-order valence-electron chi connectivity index (χ2n) is 5.62. The first-order valence-electron chi connectivity index (χ1n) is 8.28. The first-order valence-corrected chi connectivity index (χ1v) is 8.28. The van der Waals surface area contributed by atoms with Crippen LogP contribution in [0.4, 0.5) is 0 Å². The van der Waals surface area contributed by atoms with Crippen molar-refractivity contribution in [3.05, 3.63) is 115 Å². The normalized spacial score (nSPS) is 9.76. The van der Waals surface area contributed by atoms with Crippen LogP contribution >= 0.6 is 0 Å². The lowest BCUT2D eigenvalue weighted by molar-refractivity contribution is 0.477. The molecule has 4 rings (SSSR count). The first-order chi connectivity index (χ1) is 12.3. The summed E-state index contributed by atoms with van der Waals surface area (Å²) < 4.78 is 0. The minimum Gasteiger partial charge on any atom is -0.507 e. The molecule has 0 aromatic heterocycles. The van der Waals surface area contributed by atoms with Crippen molar-refractivity contribution in [2.45, 2.75) is 0 Å². The molecule has 0 saturated carbocycles. The average molecular weight is 324 g/mol. The fourth-order valence-electron chi connectivity index (χ4n) is 2.60. The summed E-state index contributed by atoms with van der Waals surface area (Å²) in [7, 11) is 0. The molecule has 0 unspecified atom stereocenters. The van der Waals surface area contributed by atoms with Gasteiger partial charge in [0.05, 0.1) is 0 Å². The number of hydrogen-bond acceptors (Lipinski definition) is 1. The van der Waals surface area contributed by atoms with Gasteiger partial charge in [-0.2, -0.15) is 0 Å². The zero-order valence-corrected chi connectivity index (χ0v) is 13.9. The van der Waals surface area contributed by atoms with Crippen LogP contribution in [0.25, 0.3) is 22.3 Å². The lowest BCUT2D eigenvalue weighted by atomic mass is 10.1. The third-order valence-electron chi connectivity index (χ3n) is 3.87. The molecule has 0 aliphatic rings. The highest BCUT2D eigenvalue weighted by Gasteiger charge is 2.00. The number of para-hydroxylation sites is 1. The van der Waals surface area contributed by atoms with E-state index in [4.69, 9.17) is 0 Å². The van der Waals surface area contributed by atoms with E-state index in [1.165, 1.54) is 11.1 Å². The molecule has 0 amide bonds. The van der Waals surface area contributed by atoms with Gasteiger partial charge in [0.2, 0.25) is 0 Å². The molecule has 0 radical (unpaired) electrons. The molecule has 4 aromatic carbocycles. The molecule has 0 atom stereocenters. The number of phenolic OH excluding ortho intramolecular Hbond substituents is 1. The van der Waals surface area contributed by atoms with Gasteiger partial charge in [-0.15, -0.1) is 0 Å². The Bertz CT molecular complexity index is 847. The van der Waals surface area contributed by atoms with E-state index < -0.39 is 0 Å². The van der Waals surface area contributed by atoms with Gasteiger partial charge in [-0.05, 0) is 22.8 Å². The van der Waals surface area contributed by atoms with Gasteiger partial charge < -0.3 is 5.11 Å². The van der Waals surface area contributed by atoms with Crippen LogP contribution in [-0.2, 0) is 0 Å². The second kappa shape index (κ2) is 8.51. The summed E-state index contributed by atoms with van der Waals surface area (Å²) in [4.78, 5) is 0. The number of benzene rings is 4. The predicted molar refractivity (Wildman–Crippen MR) is 105 cm³/mol. The Balaban J connectivity index is 0.000000146. The fraction of sp³-hybridized carbons (Fsp3) is 0. The highest BCUT2D eigenvalue weighted by atomic mass is 16.3. The second-order valence-corrected chi connectivity index (χ2v) is 5.62. The highest BCUT2D eigenvalue weighted by Crippen LogP contribution is 2.27. The summed E-state index contributed by atoms with van der Waals surface area (Å²) >= 11 is 0. The smallest absolute Gasteiger partial charge is 0.123 e. The van der Waals surface area contributed by atoms with Crippen molar-refractivity contribution < 1.29 is 5.11 Å². The van der Waals surface area contributed by atoms with Gasteiger partial charge in [0.15, 0.2) is 0 Å². The van der Waals surface area contributed by atoms with Crippen molar-refractivity contribution in [2.75, 3.05) is 0 Å². The Labute approximate surface area is 148 Å². The molecule has 0 aliphatic heterocycles. The Hall–Kier alpha value is -3.32. The van der Waals surface area contributed by atoms with Crippen LogP contribution in [0.5, 0.6) is 5.75 Å². The molecule has 25 heavy (non-hydrogen) atoms.